The average Bonchev–Trinajstić information content (AvgIpc) is 3.31. The van der Waals surface area contributed by atoms with Crippen molar-refractivity contribution in [1.29, 1.82) is 0 Å². The Kier molecular flexibility index (Phi) is 51.9. The Morgan fingerprint density at radius 1 is 0.303 bits per heavy atom. The quantitative estimate of drug-likeness (QED) is 0.0262. The van der Waals surface area contributed by atoms with E-state index in [-0.39, 0.29) is 31.1 Å². The molecule has 0 unspecified atom stereocenters. The third-order valence-electron chi connectivity index (χ3n) is 11.9. The summed E-state index contributed by atoms with van der Waals surface area (Å²) in [5, 5.41) is 0. The van der Waals surface area contributed by atoms with Crippen molar-refractivity contribution in [1.82, 2.24) is 0 Å². The van der Waals surface area contributed by atoms with Crippen molar-refractivity contribution in [3.05, 3.63) is 72.9 Å². The van der Waals surface area contributed by atoms with Crippen LogP contribution in [0.15, 0.2) is 72.9 Å². The van der Waals surface area contributed by atoms with E-state index in [2.05, 4.69) is 93.7 Å². The second kappa shape index (κ2) is 54.5. The zero-order valence-corrected chi connectivity index (χ0v) is 43.4. The van der Waals surface area contributed by atoms with Crippen LogP contribution >= 0.6 is 0 Å². The maximum Gasteiger partial charge on any atom is 0.306 e. The van der Waals surface area contributed by atoms with E-state index >= 15 is 0 Å². The van der Waals surface area contributed by atoms with Gasteiger partial charge in [0.15, 0.2) is 6.10 Å². The highest BCUT2D eigenvalue weighted by atomic mass is 16.6. The Hall–Kier alpha value is -3.15. The maximum absolute atomic E-state index is 12.8. The van der Waals surface area contributed by atoms with E-state index in [1.807, 2.05) is 0 Å². The van der Waals surface area contributed by atoms with E-state index in [0.717, 1.165) is 96.3 Å². The second-order valence-corrected chi connectivity index (χ2v) is 18.5. The Balaban J connectivity index is 4.43. The highest BCUT2D eigenvalue weighted by molar-refractivity contribution is 5.71. The first-order chi connectivity index (χ1) is 32.5. The van der Waals surface area contributed by atoms with Gasteiger partial charge in [0.05, 0.1) is 0 Å². The summed E-state index contributed by atoms with van der Waals surface area (Å²) in [6, 6.07) is 0. The zero-order chi connectivity index (χ0) is 47.9. The highest BCUT2D eigenvalue weighted by Crippen LogP contribution is 2.15. The van der Waals surface area contributed by atoms with Crippen molar-refractivity contribution >= 4 is 17.9 Å². The molecule has 0 saturated heterocycles. The number of hydrogen-bond acceptors (Lipinski definition) is 6. The predicted molar refractivity (Wildman–Crippen MR) is 284 cm³/mol. The highest BCUT2D eigenvalue weighted by Gasteiger charge is 2.19. The van der Waals surface area contributed by atoms with Crippen LogP contribution in [0.5, 0.6) is 0 Å². The van der Waals surface area contributed by atoms with Crippen LogP contribution in [0, 0.1) is 0 Å². The van der Waals surface area contributed by atoms with Crippen molar-refractivity contribution in [2.24, 2.45) is 0 Å². The number of ether oxygens (including phenoxy) is 3. The van der Waals surface area contributed by atoms with Crippen LogP contribution < -0.4 is 0 Å². The molecule has 1 atom stereocenters. The summed E-state index contributed by atoms with van der Waals surface area (Å²) in [6.45, 7) is 6.56. The lowest BCUT2D eigenvalue weighted by atomic mass is 10.0. The molecule has 0 fully saturated rings. The lowest BCUT2D eigenvalue weighted by Gasteiger charge is -2.18. The zero-order valence-electron chi connectivity index (χ0n) is 43.4. The van der Waals surface area contributed by atoms with Gasteiger partial charge in [-0.2, -0.15) is 0 Å². The van der Waals surface area contributed by atoms with Crippen LogP contribution in [0.3, 0.4) is 0 Å². The van der Waals surface area contributed by atoms with E-state index in [1.165, 1.54) is 135 Å². The maximum atomic E-state index is 12.8. The fourth-order valence-corrected chi connectivity index (χ4v) is 7.69. The topological polar surface area (TPSA) is 78.9 Å². The van der Waals surface area contributed by atoms with Gasteiger partial charge < -0.3 is 14.2 Å². The fourth-order valence-electron chi connectivity index (χ4n) is 7.69. The molecule has 6 heteroatoms. The normalized spacial score (nSPS) is 12.6. The molecule has 6 nitrogen and oxygen atoms in total. The van der Waals surface area contributed by atoms with Crippen molar-refractivity contribution in [3.8, 4) is 0 Å². The molecule has 0 aromatic heterocycles. The molecule has 0 aromatic rings. The first-order valence-corrected chi connectivity index (χ1v) is 27.9. The number of carbonyl (C=O) groups is 3. The summed E-state index contributed by atoms with van der Waals surface area (Å²) in [7, 11) is 0. The first-order valence-electron chi connectivity index (χ1n) is 27.9. The van der Waals surface area contributed by atoms with Crippen LogP contribution in [0.1, 0.15) is 271 Å². The fraction of sp³-hybridized carbons (Fsp3) is 0.750. The van der Waals surface area contributed by atoms with E-state index in [1.54, 1.807) is 0 Å². The van der Waals surface area contributed by atoms with Crippen molar-refractivity contribution in [2.75, 3.05) is 13.2 Å². The molecule has 0 rings (SSSR count). The van der Waals surface area contributed by atoms with Crippen molar-refractivity contribution in [2.45, 2.75) is 277 Å². The third-order valence-corrected chi connectivity index (χ3v) is 11.9. The second-order valence-electron chi connectivity index (χ2n) is 18.5. The largest absolute Gasteiger partial charge is 0.462 e. The lowest BCUT2D eigenvalue weighted by Crippen LogP contribution is -2.30. The molecular formula is C60H104O6. The van der Waals surface area contributed by atoms with Crippen LogP contribution in [0.2, 0.25) is 0 Å². The minimum absolute atomic E-state index is 0.0872. The molecule has 66 heavy (non-hydrogen) atoms. The van der Waals surface area contributed by atoms with Gasteiger partial charge in [-0.25, -0.2) is 0 Å². The lowest BCUT2D eigenvalue weighted by molar-refractivity contribution is -0.167. The molecule has 0 spiro atoms. The standard InChI is InChI=1S/C60H104O6/c1-4-7-10-13-16-19-22-25-27-29-30-32-33-35-38-41-44-47-50-53-59(62)65-56-57(55-64-58(61)52-49-46-43-40-37-24-21-18-15-12-9-6-3)66-60(63)54-51-48-45-42-39-36-34-31-28-26-23-20-17-14-11-8-5-2/h16-17,19-20,25-28,30,32,35,38,57H,4-15,18,21-24,29,31,33-34,36-37,39-56H2,1-3H3/b19-16-,20-17-,27-25-,28-26-,32-30-,38-35-/t57-/m1/s1. The van der Waals surface area contributed by atoms with Gasteiger partial charge in [0.1, 0.15) is 13.2 Å². The van der Waals surface area contributed by atoms with Gasteiger partial charge in [-0.05, 0) is 96.3 Å². The number of carbonyl (C=O) groups excluding carboxylic acids is 3. The molecule has 0 bridgehead atoms. The van der Waals surface area contributed by atoms with Gasteiger partial charge in [0, 0.05) is 19.3 Å². The van der Waals surface area contributed by atoms with E-state index in [4.69, 9.17) is 14.2 Å². The van der Waals surface area contributed by atoms with E-state index < -0.39 is 6.10 Å². The molecule has 0 radical (unpaired) electrons. The van der Waals surface area contributed by atoms with Gasteiger partial charge in [-0.3, -0.25) is 14.4 Å². The number of allylic oxidation sites excluding steroid dienone is 12. The molecule has 0 N–H and O–H groups in total. The molecule has 0 amide bonds. The number of hydrogen-bond donors (Lipinski definition) is 0. The summed E-state index contributed by atoms with van der Waals surface area (Å²) >= 11 is 0. The van der Waals surface area contributed by atoms with Crippen molar-refractivity contribution < 1.29 is 28.6 Å². The Bertz CT molecular complexity index is 1240. The number of esters is 3. The van der Waals surface area contributed by atoms with Gasteiger partial charge in [-0.15, -0.1) is 0 Å². The van der Waals surface area contributed by atoms with Gasteiger partial charge in [-0.1, -0.05) is 229 Å². The molecular weight excluding hydrogens is 817 g/mol. The molecule has 0 aliphatic rings. The third kappa shape index (κ3) is 51.8. The summed E-state index contributed by atoms with van der Waals surface area (Å²) in [5.74, 6) is -0.921. The summed E-state index contributed by atoms with van der Waals surface area (Å²) in [6.07, 6.45) is 68.8. The Morgan fingerprint density at radius 3 is 0.894 bits per heavy atom. The van der Waals surface area contributed by atoms with E-state index in [9.17, 15) is 14.4 Å². The number of rotatable bonds is 50. The monoisotopic (exact) mass is 921 g/mol. The molecule has 0 saturated carbocycles. The molecule has 380 valence electrons. The van der Waals surface area contributed by atoms with Crippen molar-refractivity contribution in [3.63, 3.8) is 0 Å². The minimum atomic E-state index is -0.791. The average molecular weight is 921 g/mol. The van der Waals surface area contributed by atoms with E-state index in [0.29, 0.717) is 19.3 Å². The van der Waals surface area contributed by atoms with Crippen LogP contribution in [0.25, 0.3) is 0 Å². The molecule has 0 heterocycles. The summed E-state index contributed by atoms with van der Waals surface area (Å²) in [5.41, 5.74) is 0. The SMILES string of the molecule is CCCCC/C=C\C/C=C\C/C=C\C/C=C\CCCCCC(=O)OC[C@@H](COC(=O)CCCCCCCCCCCCCC)OC(=O)CCCCCCCCC/C=C\C/C=C\CCCCC. The number of unbranched alkanes of at least 4 members (excludes halogenated alkanes) is 27. The minimum Gasteiger partial charge on any atom is -0.462 e. The Labute approximate surface area is 408 Å². The van der Waals surface area contributed by atoms with Gasteiger partial charge in [0.25, 0.3) is 0 Å². The molecule has 0 aliphatic heterocycles. The van der Waals surface area contributed by atoms with Crippen LogP contribution in [-0.4, -0.2) is 37.2 Å². The van der Waals surface area contributed by atoms with Gasteiger partial charge >= 0.3 is 17.9 Å². The smallest absolute Gasteiger partial charge is 0.306 e. The first kappa shape index (κ1) is 62.8. The van der Waals surface area contributed by atoms with Crippen LogP contribution in [-0.2, 0) is 28.6 Å². The summed E-state index contributed by atoms with van der Waals surface area (Å²) < 4.78 is 16.8. The predicted octanol–water partition coefficient (Wildman–Crippen LogP) is 18.6. The molecule has 0 aliphatic carbocycles. The van der Waals surface area contributed by atoms with Crippen LogP contribution in [0.4, 0.5) is 0 Å². The Morgan fingerprint density at radius 2 is 0.545 bits per heavy atom. The molecule has 0 aromatic carbocycles. The van der Waals surface area contributed by atoms with Gasteiger partial charge in [0.2, 0.25) is 0 Å². The summed E-state index contributed by atoms with van der Waals surface area (Å²) in [4.78, 5) is 38.1.